The highest BCUT2D eigenvalue weighted by molar-refractivity contribution is 5.90. The summed E-state index contributed by atoms with van der Waals surface area (Å²) in [7, 11) is 0. The van der Waals surface area contributed by atoms with Gasteiger partial charge in [0, 0.05) is 0 Å². The zero-order chi connectivity index (χ0) is 20.5. The second kappa shape index (κ2) is 7.59. The number of hydrogen-bond acceptors (Lipinski definition) is 5. The number of halogens is 2. The first-order valence-corrected chi connectivity index (χ1v) is 9.01. The number of hydrogen-bond donors (Lipinski definition) is 1. The van der Waals surface area contributed by atoms with Gasteiger partial charge in [0.1, 0.15) is 23.4 Å². The van der Waals surface area contributed by atoms with Crippen molar-refractivity contribution in [2.45, 2.75) is 26.2 Å². The molecule has 7 nitrogen and oxygen atoms in total. The fraction of sp³-hybridized carbons (Fsp3) is 0.250. The lowest BCUT2D eigenvalue weighted by Crippen LogP contribution is -2.24. The number of amides is 1. The van der Waals surface area contributed by atoms with Crippen molar-refractivity contribution in [1.29, 1.82) is 0 Å². The molecule has 0 unspecified atom stereocenters. The summed E-state index contributed by atoms with van der Waals surface area (Å²) in [6, 6.07) is 8.98. The lowest BCUT2D eigenvalue weighted by molar-refractivity contribution is 0.150. The number of aliphatic hydroxyl groups is 1. The lowest BCUT2D eigenvalue weighted by Gasteiger charge is -2.15. The Labute approximate surface area is 165 Å². The van der Waals surface area contributed by atoms with E-state index in [1.165, 1.54) is 4.90 Å². The number of cyclic esters (lactones) is 1. The number of carbonyl (C=O) groups is 1. The number of rotatable bonds is 5. The van der Waals surface area contributed by atoms with Crippen molar-refractivity contribution in [2.75, 3.05) is 11.4 Å². The third-order valence-electron chi connectivity index (χ3n) is 4.64. The highest BCUT2D eigenvalue weighted by atomic mass is 19.1. The average Bonchev–Trinajstić information content (AvgIpc) is 3.28. The van der Waals surface area contributed by atoms with E-state index in [1.54, 1.807) is 42.1 Å². The molecule has 29 heavy (non-hydrogen) atoms. The fourth-order valence-electron chi connectivity index (χ4n) is 3.26. The van der Waals surface area contributed by atoms with Gasteiger partial charge in [0.15, 0.2) is 0 Å². The van der Waals surface area contributed by atoms with Crippen molar-refractivity contribution in [3.63, 3.8) is 0 Å². The normalized spacial score (nSPS) is 16.3. The first kappa shape index (κ1) is 19.0. The van der Waals surface area contributed by atoms with E-state index in [-0.39, 0.29) is 30.5 Å². The molecule has 0 radical (unpaired) electrons. The zero-order valence-electron chi connectivity index (χ0n) is 15.5. The topological polar surface area (TPSA) is 80.5 Å². The van der Waals surface area contributed by atoms with Crippen molar-refractivity contribution in [1.82, 2.24) is 15.0 Å². The van der Waals surface area contributed by atoms with Crippen molar-refractivity contribution in [2.24, 2.45) is 0 Å². The van der Waals surface area contributed by atoms with E-state index >= 15 is 0 Å². The van der Waals surface area contributed by atoms with Crippen LogP contribution in [0.4, 0.5) is 19.3 Å². The number of ether oxygens (including phenoxy) is 1. The van der Waals surface area contributed by atoms with Gasteiger partial charge in [-0.2, -0.15) is 0 Å². The maximum absolute atomic E-state index is 14.7. The summed E-state index contributed by atoms with van der Waals surface area (Å²) in [4.78, 5) is 13.0. The van der Waals surface area contributed by atoms with Crippen molar-refractivity contribution >= 4 is 11.8 Å². The number of nitrogens with zero attached hydrogens (tertiary/aromatic N) is 4. The Morgan fingerprint density at radius 1 is 1.21 bits per heavy atom. The van der Waals surface area contributed by atoms with E-state index in [1.807, 2.05) is 0 Å². The van der Waals surface area contributed by atoms with E-state index in [0.29, 0.717) is 17.8 Å². The average molecular weight is 400 g/mol. The van der Waals surface area contributed by atoms with E-state index in [2.05, 4.69) is 10.3 Å². The van der Waals surface area contributed by atoms with E-state index < -0.39 is 17.7 Å². The first-order chi connectivity index (χ1) is 13.9. The molecule has 1 fully saturated rings. The molecule has 0 spiro atoms. The zero-order valence-corrected chi connectivity index (χ0v) is 15.5. The Morgan fingerprint density at radius 2 is 1.90 bits per heavy atom. The highest BCUT2D eigenvalue weighted by Gasteiger charge is 2.30. The lowest BCUT2D eigenvalue weighted by atomic mass is 10.0. The fourth-order valence-corrected chi connectivity index (χ4v) is 3.26. The molecule has 1 atom stereocenters. The van der Waals surface area contributed by atoms with Crippen LogP contribution >= 0.6 is 0 Å². The van der Waals surface area contributed by atoms with Crippen LogP contribution in [0.25, 0.3) is 11.1 Å². The molecule has 2 heterocycles. The van der Waals surface area contributed by atoms with Gasteiger partial charge in [0.05, 0.1) is 37.1 Å². The molecule has 1 aliphatic heterocycles. The van der Waals surface area contributed by atoms with Crippen LogP contribution in [-0.2, 0) is 17.9 Å². The Bertz CT molecular complexity index is 1030. The van der Waals surface area contributed by atoms with E-state index in [4.69, 9.17) is 9.84 Å². The Kier molecular flexibility index (Phi) is 4.98. The predicted molar refractivity (Wildman–Crippen MR) is 100 cm³/mol. The first-order valence-electron chi connectivity index (χ1n) is 9.01. The summed E-state index contributed by atoms with van der Waals surface area (Å²) < 4.78 is 36.0. The van der Waals surface area contributed by atoms with Crippen LogP contribution in [0.2, 0.25) is 0 Å². The minimum absolute atomic E-state index is 0.126. The quantitative estimate of drug-likeness (QED) is 0.712. The van der Waals surface area contributed by atoms with Gasteiger partial charge in [0.2, 0.25) is 0 Å². The molecular formula is C20H18F2N4O3. The molecule has 1 aliphatic rings. The van der Waals surface area contributed by atoms with Crippen LogP contribution in [0.1, 0.15) is 18.2 Å². The van der Waals surface area contributed by atoms with Crippen LogP contribution in [0.5, 0.6) is 0 Å². The third-order valence-corrected chi connectivity index (χ3v) is 4.64. The molecule has 3 aromatic rings. The summed E-state index contributed by atoms with van der Waals surface area (Å²) in [5, 5.41) is 16.7. The van der Waals surface area contributed by atoms with Gasteiger partial charge >= 0.3 is 6.09 Å². The number of aromatic nitrogens is 3. The molecular weight excluding hydrogens is 382 g/mol. The smallest absolute Gasteiger partial charge is 0.414 e. The van der Waals surface area contributed by atoms with Gasteiger partial charge in [-0.25, -0.2) is 18.3 Å². The molecule has 1 aromatic heterocycles. The van der Waals surface area contributed by atoms with Crippen molar-refractivity contribution in [3.8, 4) is 11.1 Å². The molecule has 150 valence electrons. The molecule has 0 aliphatic carbocycles. The van der Waals surface area contributed by atoms with Crippen molar-refractivity contribution < 1.29 is 23.4 Å². The standard InChI is InChI=1S/C20H18F2N4O3/c1-12-8-26(20(28)29-12)16-6-17(21)19(18(22)7-16)14-4-2-13(3-5-14)9-25-10-15(11-27)23-24-25/h2-7,10,12,27H,8-9,11H2,1H3/t12-/m0/s1. The molecule has 0 saturated carbocycles. The number of anilines is 1. The number of aliphatic hydroxyl groups excluding tert-OH is 1. The molecule has 0 bridgehead atoms. The van der Waals surface area contributed by atoms with Gasteiger partial charge in [-0.05, 0) is 30.2 Å². The van der Waals surface area contributed by atoms with Crippen LogP contribution < -0.4 is 4.90 Å². The van der Waals surface area contributed by atoms with Crippen LogP contribution in [0.15, 0.2) is 42.6 Å². The minimum Gasteiger partial charge on any atom is -0.444 e. The minimum atomic E-state index is -0.760. The molecule has 1 saturated heterocycles. The van der Waals surface area contributed by atoms with Crippen LogP contribution in [0, 0.1) is 11.6 Å². The van der Waals surface area contributed by atoms with Gasteiger partial charge in [-0.15, -0.1) is 5.10 Å². The van der Waals surface area contributed by atoms with Crippen molar-refractivity contribution in [3.05, 3.63) is 65.5 Å². The Hall–Kier alpha value is -3.33. The maximum Gasteiger partial charge on any atom is 0.414 e. The monoisotopic (exact) mass is 400 g/mol. The summed E-state index contributed by atoms with van der Waals surface area (Å²) >= 11 is 0. The SMILES string of the molecule is C[C@H]1CN(c2cc(F)c(-c3ccc(Cn4cc(CO)nn4)cc3)c(F)c2)C(=O)O1. The number of benzene rings is 2. The Balaban J connectivity index is 1.57. The van der Waals surface area contributed by atoms with Gasteiger partial charge in [-0.1, -0.05) is 29.5 Å². The second-order valence-corrected chi connectivity index (χ2v) is 6.85. The Morgan fingerprint density at radius 3 is 2.45 bits per heavy atom. The molecule has 4 rings (SSSR count). The summed E-state index contributed by atoms with van der Waals surface area (Å²) in [6.45, 7) is 2.17. The summed E-state index contributed by atoms with van der Waals surface area (Å²) in [6.07, 6.45) is 0.668. The molecule has 9 heteroatoms. The summed E-state index contributed by atoms with van der Waals surface area (Å²) in [5.41, 5.74) is 1.66. The maximum atomic E-state index is 14.7. The van der Waals surface area contributed by atoms with Gasteiger partial charge in [0.25, 0.3) is 0 Å². The third kappa shape index (κ3) is 3.81. The van der Waals surface area contributed by atoms with Gasteiger partial charge in [-0.3, -0.25) is 4.90 Å². The molecule has 1 amide bonds. The van der Waals surface area contributed by atoms with Gasteiger partial charge < -0.3 is 9.84 Å². The van der Waals surface area contributed by atoms with E-state index in [0.717, 1.165) is 17.7 Å². The molecule has 1 N–H and O–H groups in total. The highest BCUT2D eigenvalue weighted by Crippen LogP contribution is 2.32. The van der Waals surface area contributed by atoms with E-state index in [9.17, 15) is 13.6 Å². The largest absolute Gasteiger partial charge is 0.444 e. The summed E-state index contributed by atoms with van der Waals surface area (Å²) in [5.74, 6) is -1.52. The molecule has 2 aromatic carbocycles. The number of carbonyl (C=O) groups excluding carboxylic acids is 1. The second-order valence-electron chi connectivity index (χ2n) is 6.85. The van der Waals surface area contributed by atoms with Crippen LogP contribution in [-0.4, -0.2) is 38.8 Å². The predicted octanol–water partition coefficient (Wildman–Crippen LogP) is 3.11. The van der Waals surface area contributed by atoms with Crippen LogP contribution in [0.3, 0.4) is 0 Å².